The van der Waals surface area contributed by atoms with Crippen LogP contribution in [0.5, 0.6) is 0 Å². The number of benzene rings is 2. The number of hydrogen-bond donors (Lipinski definition) is 1. The summed E-state index contributed by atoms with van der Waals surface area (Å²) in [5.74, 6) is -0.727. The number of carbonyl (C=O) groups excluding carboxylic acids is 3. The quantitative estimate of drug-likeness (QED) is 0.418. The Morgan fingerprint density at radius 1 is 1.00 bits per heavy atom. The highest BCUT2D eigenvalue weighted by Crippen LogP contribution is 2.26. The first kappa shape index (κ1) is 19.9. The van der Waals surface area contributed by atoms with Gasteiger partial charge in [0, 0.05) is 6.42 Å². The Morgan fingerprint density at radius 3 is 2.04 bits per heavy atom. The Hall–Kier alpha value is -3.41. The molecule has 0 saturated heterocycles. The molecule has 140 valence electrons. The summed E-state index contributed by atoms with van der Waals surface area (Å²) in [4.78, 5) is 35.3. The number of amides is 1. The van der Waals surface area contributed by atoms with Crippen molar-refractivity contribution in [3.63, 3.8) is 0 Å². The first-order valence-electron chi connectivity index (χ1n) is 8.44. The Balaban J connectivity index is 2.18. The lowest BCUT2D eigenvalue weighted by molar-refractivity contribution is -0.150. The molecule has 27 heavy (non-hydrogen) atoms. The van der Waals surface area contributed by atoms with Gasteiger partial charge >= 0.3 is 12.1 Å². The summed E-state index contributed by atoms with van der Waals surface area (Å²) in [6, 6.07) is 17.3. The van der Waals surface area contributed by atoms with Crippen LogP contribution in [0.3, 0.4) is 0 Å². The van der Waals surface area contributed by atoms with E-state index >= 15 is 0 Å². The number of rotatable bonds is 9. The Morgan fingerprint density at radius 2 is 1.56 bits per heavy atom. The average Bonchev–Trinajstić information content (AvgIpc) is 2.71. The number of nitrogens with one attached hydrogen (secondary N) is 1. The van der Waals surface area contributed by atoms with E-state index in [1.165, 1.54) is 6.08 Å². The lowest BCUT2D eigenvalue weighted by Crippen LogP contribution is -2.42. The topological polar surface area (TPSA) is 81.7 Å². The van der Waals surface area contributed by atoms with Gasteiger partial charge in [-0.25, -0.2) is 9.59 Å². The van der Waals surface area contributed by atoms with Crippen LogP contribution in [0.2, 0.25) is 0 Å². The first-order valence-corrected chi connectivity index (χ1v) is 8.44. The van der Waals surface area contributed by atoms with Gasteiger partial charge in [-0.3, -0.25) is 0 Å². The van der Waals surface area contributed by atoms with Gasteiger partial charge in [-0.1, -0.05) is 73.3 Å². The van der Waals surface area contributed by atoms with E-state index in [0.717, 1.165) is 11.1 Å². The number of carbonyl (C=O) groups is 3. The van der Waals surface area contributed by atoms with Crippen LogP contribution in [0.25, 0.3) is 0 Å². The number of hydrogen-bond acceptors (Lipinski definition) is 5. The van der Waals surface area contributed by atoms with Crippen LogP contribution in [0.15, 0.2) is 73.3 Å². The van der Waals surface area contributed by atoms with Gasteiger partial charge in [0.2, 0.25) is 0 Å². The normalized spacial score (nSPS) is 11.3. The van der Waals surface area contributed by atoms with Crippen molar-refractivity contribution < 1.29 is 23.9 Å². The average molecular weight is 367 g/mol. The highest BCUT2D eigenvalue weighted by atomic mass is 16.6. The summed E-state index contributed by atoms with van der Waals surface area (Å²) in [6.07, 6.45) is 0.223. The van der Waals surface area contributed by atoms with Gasteiger partial charge in [0.25, 0.3) is 0 Å². The maximum atomic E-state index is 12.6. The lowest BCUT2D eigenvalue weighted by atomic mass is 10.0. The van der Waals surface area contributed by atoms with E-state index in [9.17, 15) is 14.4 Å². The SMILES string of the molecule is C=CCOC(=O)NC(CC=O)C(=O)OC(c1ccccc1)c1ccccc1. The van der Waals surface area contributed by atoms with Crippen molar-refractivity contribution >= 4 is 18.3 Å². The van der Waals surface area contributed by atoms with Gasteiger partial charge < -0.3 is 19.6 Å². The third-order valence-corrected chi connectivity index (χ3v) is 3.68. The van der Waals surface area contributed by atoms with Crippen LogP contribution in [0.4, 0.5) is 4.79 Å². The summed E-state index contributed by atoms with van der Waals surface area (Å²) in [7, 11) is 0. The molecule has 0 fully saturated rings. The van der Waals surface area contributed by atoms with E-state index in [-0.39, 0.29) is 13.0 Å². The standard InChI is InChI=1S/C21H21NO5/c1-2-15-26-21(25)22-18(13-14-23)20(24)27-19(16-9-5-3-6-10-16)17-11-7-4-8-12-17/h2-12,14,18-19H,1,13,15H2,(H,22,25). The van der Waals surface area contributed by atoms with E-state index in [0.29, 0.717) is 6.29 Å². The highest BCUT2D eigenvalue weighted by molar-refractivity contribution is 5.84. The maximum absolute atomic E-state index is 12.6. The van der Waals surface area contributed by atoms with Crippen LogP contribution in [-0.4, -0.2) is 31.0 Å². The van der Waals surface area contributed by atoms with Gasteiger partial charge in [-0.2, -0.15) is 0 Å². The fourth-order valence-electron chi connectivity index (χ4n) is 2.41. The van der Waals surface area contributed by atoms with Crippen molar-refractivity contribution in [3.05, 3.63) is 84.4 Å². The molecule has 2 aromatic carbocycles. The third kappa shape index (κ3) is 6.11. The molecule has 0 spiro atoms. The number of aldehydes is 1. The monoisotopic (exact) mass is 367 g/mol. The third-order valence-electron chi connectivity index (χ3n) is 3.68. The van der Waals surface area contributed by atoms with Crippen molar-refractivity contribution in [2.24, 2.45) is 0 Å². The zero-order valence-corrected chi connectivity index (χ0v) is 14.7. The van der Waals surface area contributed by atoms with Crippen LogP contribution in [0.1, 0.15) is 23.7 Å². The fraction of sp³-hybridized carbons (Fsp3) is 0.190. The molecule has 1 atom stereocenters. The number of ether oxygens (including phenoxy) is 2. The van der Waals surface area contributed by atoms with Gasteiger partial charge in [0.1, 0.15) is 18.9 Å². The van der Waals surface area contributed by atoms with Crippen molar-refractivity contribution in [1.82, 2.24) is 5.32 Å². The Kier molecular flexibility index (Phi) is 7.78. The van der Waals surface area contributed by atoms with Crippen LogP contribution >= 0.6 is 0 Å². The molecule has 0 aliphatic carbocycles. The van der Waals surface area contributed by atoms with Crippen molar-refractivity contribution in [2.45, 2.75) is 18.6 Å². The molecule has 0 aliphatic heterocycles. The summed E-state index contributed by atoms with van der Waals surface area (Å²) in [5, 5.41) is 2.35. The molecule has 0 bridgehead atoms. The molecule has 2 rings (SSSR count). The molecule has 0 saturated carbocycles. The van der Waals surface area contributed by atoms with Crippen LogP contribution < -0.4 is 5.32 Å². The van der Waals surface area contributed by atoms with Crippen LogP contribution in [-0.2, 0) is 19.1 Å². The first-order chi connectivity index (χ1) is 13.2. The van der Waals surface area contributed by atoms with Crippen molar-refractivity contribution in [1.29, 1.82) is 0 Å². The lowest BCUT2D eigenvalue weighted by Gasteiger charge is -2.22. The molecular formula is C21H21NO5. The maximum Gasteiger partial charge on any atom is 0.408 e. The number of esters is 1. The van der Waals surface area contributed by atoms with E-state index < -0.39 is 24.2 Å². The second kappa shape index (κ2) is 10.6. The van der Waals surface area contributed by atoms with Gasteiger partial charge in [0.05, 0.1) is 0 Å². The smallest absolute Gasteiger partial charge is 0.408 e. The molecule has 0 aliphatic rings. The minimum Gasteiger partial charge on any atom is -0.451 e. The molecule has 0 radical (unpaired) electrons. The van der Waals surface area contributed by atoms with E-state index in [1.807, 2.05) is 60.7 Å². The molecule has 6 heteroatoms. The summed E-state index contributed by atoms with van der Waals surface area (Å²) in [6.45, 7) is 3.43. The second-order valence-electron chi connectivity index (χ2n) is 5.62. The Bertz CT molecular complexity index is 721. The summed E-state index contributed by atoms with van der Waals surface area (Å²) in [5.41, 5.74) is 1.55. The predicted octanol–water partition coefficient (Wildman–Crippen LogP) is 3.19. The van der Waals surface area contributed by atoms with Crippen molar-refractivity contribution in [2.75, 3.05) is 6.61 Å². The van der Waals surface area contributed by atoms with Crippen LogP contribution in [0, 0.1) is 0 Å². The zero-order valence-electron chi connectivity index (χ0n) is 14.7. The molecule has 1 N–H and O–H groups in total. The molecule has 1 amide bonds. The predicted molar refractivity (Wildman–Crippen MR) is 100.0 cm³/mol. The van der Waals surface area contributed by atoms with Gasteiger partial charge in [0.15, 0.2) is 6.10 Å². The molecule has 1 unspecified atom stereocenters. The molecule has 2 aromatic rings. The summed E-state index contributed by atoms with van der Waals surface area (Å²) < 4.78 is 10.5. The number of alkyl carbamates (subject to hydrolysis) is 1. The minimum atomic E-state index is -1.14. The molecule has 6 nitrogen and oxygen atoms in total. The zero-order chi connectivity index (χ0) is 19.5. The molecule has 0 heterocycles. The summed E-state index contributed by atoms with van der Waals surface area (Å²) >= 11 is 0. The second-order valence-corrected chi connectivity index (χ2v) is 5.62. The van der Waals surface area contributed by atoms with Gasteiger partial charge in [-0.05, 0) is 11.1 Å². The van der Waals surface area contributed by atoms with E-state index in [1.54, 1.807) is 0 Å². The van der Waals surface area contributed by atoms with Crippen molar-refractivity contribution in [3.8, 4) is 0 Å². The molecule has 0 aromatic heterocycles. The van der Waals surface area contributed by atoms with E-state index in [4.69, 9.17) is 9.47 Å². The fourth-order valence-corrected chi connectivity index (χ4v) is 2.41. The minimum absolute atomic E-state index is 0.00859. The molecular weight excluding hydrogens is 346 g/mol. The van der Waals surface area contributed by atoms with E-state index in [2.05, 4.69) is 11.9 Å². The Labute approximate surface area is 157 Å². The van der Waals surface area contributed by atoms with Gasteiger partial charge in [-0.15, -0.1) is 0 Å². The highest BCUT2D eigenvalue weighted by Gasteiger charge is 2.27. The largest absolute Gasteiger partial charge is 0.451 e.